The van der Waals surface area contributed by atoms with E-state index in [-0.39, 0.29) is 5.91 Å². The first kappa shape index (κ1) is 12.0. The topological polar surface area (TPSA) is 92.9 Å². The van der Waals surface area contributed by atoms with Crippen molar-refractivity contribution in [1.82, 2.24) is 20.4 Å². The molecule has 0 saturated heterocycles. The smallest absolute Gasteiger partial charge is 0.269 e. The number of carbonyl (C=O) groups is 1. The van der Waals surface area contributed by atoms with Crippen LogP contribution in [0.2, 0.25) is 0 Å². The van der Waals surface area contributed by atoms with Crippen LogP contribution in [0.15, 0.2) is 22.9 Å². The third kappa shape index (κ3) is 2.82. The summed E-state index contributed by atoms with van der Waals surface area (Å²) in [5, 5.41) is 9.37. The summed E-state index contributed by atoms with van der Waals surface area (Å²) in [7, 11) is 1.56. The lowest BCUT2D eigenvalue weighted by molar-refractivity contribution is 0.0958. The van der Waals surface area contributed by atoms with Crippen LogP contribution in [0.1, 0.15) is 22.2 Å². The highest BCUT2D eigenvalue weighted by Gasteiger charge is 2.06. The number of hydrogen-bond donors (Lipinski definition) is 2. The number of nitrogens with one attached hydrogen (secondary N) is 2. The maximum Gasteiger partial charge on any atom is 0.269 e. The second-order valence-corrected chi connectivity index (χ2v) is 3.59. The summed E-state index contributed by atoms with van der Waals surface area (Å²) in [6, 6.07) is 3.42. The molecule has 2 heterocycles. The fourth-order valence-electron chi connectivity index (χ4n) is 1.39. The van der Waals surface area contributed by atoms with Crippen LogP contribution in [-0.4, -0.2) is 28.1 Å². The number of hydrogen-bond acceptors (Lipinski definition) is 6. The van der Waals surface area contributed by atoms with E-state index in [1.165, 1.54) is 0 Å². The van der Waals surface area contributed by atoms with Crippen LogP contribution < -0.4 is 10.6 Å². The van der Waals surface area contributed by atoms with Crippen molar-refractivity contribution >= 4 is 11.6 Å². The maximum absolute atomic E-state index is 11.4. The largest absolute Gasteiger partial charge is 0.377 e. The van der Waals surface area contributed by atoms with Crippen molar-refractivity contribution in [3.63, 3.8) is 0 Å². The molecule has 0 radical (unpaired) electrons. The molecular weight excluding hydrogens is 234 g/mol. The van der Waals surface area contributed by atoms with Gasteiger partial charge in [0.15, 0.2) is 5.82 Å². The van der Waals surface area contributed by atoms with E-state index in [2.05, 4.69) is 25.8 Å². The van der Waals surface area contributed by atoms with Crippen molar-refractivity contribution in [2.75, 3.05) is 12.4 Å². The van der Waals surface area contributed by atoms with Gasteiger partial charge < -0.3 is 15.2 Å². The zero-order valence-corrected chi connectivity index (χ0v) is 10.1. The first-order valence-electron chi connectivity index (χ1n) is 5.40. The lowest BCUT2D eigenvalue weighted by Gasteiger charge is -2.04. The first-order valence-corrected chi connectivity index (χ1v) is 5.40. The minimum Gasteiger partial charge on any atom is -0.377 e. The molecule has 0 aliphatic rings. The minimum absolute atomic E-state index is 0.228. The number of carbonyl (C=O) groups excluding carboxylic acids is 1. The Morgan fingerprint density at radius 2 is 2.33 bits per heavy atom. The van der Waals surface area contributed by atoms with Crippen molar-refractivity contribution < 1.29 is 9.32 Å². The number of aromatic nitrogens is 3. The van der Waals surface area contributed by atoms with Gasteiger partial charge >= 0.3 is 0 Å². The Labute approximate surface area is 104 Å². The Balaban J connectivity index is 2.03. The van der Waals surface area contributed by atoms with Gasteiger partial charge in [0, 0.05) is 25.9 Å². The van der Waals surface area contributed by atoms with Gasteiger partial charge in [0.25, 0.3) is 5.91 Å². The molecule has 0 fully saturated rings. The molecule has 2 aromatic heterocycles. The van der Waals surface area contributed by atoms with Crippen molar-refractivity contribution in [1.29, 1.82) is 0 Å². The summed E-state index contributed by atoms with van der Waals surface area (Å²) in [5.41, 5.74) is 1.12. The summed E-state index contributed by atoms with van der Waals surface area (Å²) >= 11 is 0. The van der Waals surface area contributed by atoms with E-state index in [4.69, 9.17) is 4.52 Å². The lowest BCUT2D eigenvalue weighted by atomic mass is 10.3. The first-order chi connectivity index (χ1) is 8.69. The van der Waals surface area contributed by atoms with Crippen LogP contribution in [0.5, 0.6) is 0 Å². The van der Waals surface area contributed by atoms with E-state index >= 15 is 0 Å². The highest BCUT2D eigenvalue weighted by atomic mass is 16.5. The second-order valence-electron chi connectivity index (χ2n) is 3.59. The summed E-state index contributed by atoms with van der Waals surface area (Å²) < 4.78 is 4.85. The highest BCUT2D eigenvalue weighted by Crippen LogP contribution is 2.09. The zero-order chi connectivity index (χ0) is 13.0. The predicted octanol–water partition coefficient (Wildman–Crippen LogP) is 0.745. The Morgan fingerprint density at radius 1 is 1.50 bits per heavy atom. The highest BCUT2D eigenvalue weighted by molar-refractivity contribution is 5.92. The third-order valence-electron chi connectivity index (χ3n) is 2.24. The molecule has 7 nitrogen and oxygen atoms in total. The molecule has 2 rings (SSSR count). The van der Waals surface area contributed by atoms with Gasteiger partial charge in [0.2, 0.25) is 5.89 Å². The maximum atomic E-state index is 11.4. The molecule has 2 aromatic rings. The molecule has 0 saturated carbocycles. The fraction of sp³-hybridized carbons (Fsp3) is 0.273. The number of nitrogens with zero attached hydrogens (tertiary/aromatic N) is 3. The summed E-state index contributed by atoms with van der Waals surface area (Å²) in [6.07, 6.45) is 1.56. The van der Waals surface area contributed by atoms with E-state index < -0.39 is 0 Å². The number of rotatable bonds is 4. The monoisotopic (exact) mass is 247 g/mol. The van der Waals surface area contributed by atoms with E-state index in [0.717, 1.165) is 5.69 Å². The normalized spacial score (nSPS) is 10.1. The Morgan fingerprint density at radius 3 is 3.00 bits per heavy atom. The van der Waals surface area contributed by atoms with Crippen molar-refractivity contribution in [3.8, 4) is 0 Å². The van der Waals surface area contributed by atoms with Gasteiger partial charge in [-0.3, -0.25) is 9.78 Å². The molecule has 0 spiro atoms. The van der Waals surface area contributed by atoms with Gasteiger partial charge in [-0.25, -0.2) is 0 Å². The molecule has 0 aliphatic carbocycles. The SMILES string of the molecule is CNC(=O)c1cc(NCc2noc(C)n2)ccn1. The van der Waals surface area contributed by atoms with Gasteiger partial charge in [0.05, 0.1) is 6.54 Å². The van der Waals surface area contributed by atoms with Crippen LogP contribution in [-0.2, 0) is 6.54 Å². The minimum atomic E-state index is -0.228. The van der Waals surface area contributed by atoms with E-state index in [1.54, 1.807) is 32.3 Å². The fourth-order valence-corrected chi connectivity index (χ4v) is 1.39. The molecule has 0 aliphatic heterocycles. The molecule has 0 unspecified atom stereocenters. The van der Waals surface area contributed by atoms with Gasteiger partial charge in [-0.2, -0.15) is 4.98 Å². The quantitative estimate of drug-likeness (QED) is 0.828. The summed E-state index contributed by atoms with van der Waals surface area (Å²) in [5.74, 6) is 0.854. The third-order valence-corrected chi connectivity index (χ3v) is 2.24. The Bertz CT molecular complexity index is 552. The Kier molecular flexibility index (Phi) is 3.52. The van der Waals surface area contributed by atoms with Gasteiger partial charge in [-0.15, -0.1) is 0 Å². The van der Waals surface area contributed by atoms with Crippen molar-refractivity contribution in [2.45, 2.75) is 13.5 Å². The van der Waals surface area contributed by atoms with Crippen molar-refractivity contribution in [3.05, 3.63) is 35.7 Å². The molecule has 1 amide bonds. The second kappa shape index (κ2) is 5.26. The van der Waals surface area contributed by atoms with Gasteiger partial charge in [-0.05, 0) is 12.1 Å². The average molecular weight is 247 g/mol. The lowest BCUT2D eigenvalue weighted by Crippen LogP contribution is -2.19. The van der Waals surface area contributed by atoms with Crippen LogP contribution in [0.25, 0.3) is 0 Å². The molecule has 7 heteroatoms. The van der Waals surface area contributed by atoms with Crippen LogP contribution in [0.4, 0.5) is 5.69 Å². The zero-order valence-electron chi connectivity index (χ0n) is 10.1. The van der Waals surface area contributed by atoms with Crippen molar-refractivity contribution in [2.24, 2.45) is 0 Å². The van der Waals surface area contributed by atoms with Crippen LogP contribution >= 0.6 is 0 Å². The average Bonchev–Trinajstić information content (AvgIpc) is 2.81. The number of anilines is 1. The van der Waals surface area contributed by atoms with E-state index in [0.29, 0.717) is 24.0 Å². The van der Waals surface area contributed by atoms with E-state index in [1.807, 2.05) is 0 Å². The molecule has 94 valence electrons. The van der Waals surface area contributed by atoms with Gasteiger partial charge in [0.1, 0.15) is 5.69 Å². The molecule has 18 heavy (non-hydrogen) atoms. The van der Waals surface area contributed by atoms with E-state index in [9.17, 15) is 4.79 Å². The van der Waals surface area contributed by atoms with Gasteiger partial charge in [-0.1, -0.05) is 5.16 Å². The number of amides is 1. The molecule has 0 bridgehead atoms. The predicted molar refractivity (Wildman–Crippen MR) is 64.0 cm³/mol. The number of aryl methyl sites for hydroxylation is 1. The standard InChI is InChI=1S/C11H13N5O2/c1-7-15-10(16-18-7)6-14-8-3-4-13-9(5-8)11(17)12-2/h3-5H,6H2,1-2H3,(H,12,17)(H,13,14). The van der Waals surface area contributed by atoms with Crippen LogP contribution in [0.3, 0.4) is 0 Å². The Hall–Kier alpha value is -2.44. The van der Waals surface area contributed by atoms with Crippen LogP contribution in [0, 0.1) is 6.92 Å². The molecule has 0 aromatic carbocycles. The summed E-state index contributed by atoms with van der Waals surface area (Å²) in [6.45, 7) is 2.15. The molecule has 2 N–H and O–H groups in total. The molecule has 0 atom stereocenters. The molecular formula is C11H13N5O2. The summed E-state index contributed by atoms with van der Waals surface area (Å²) in [4.78, 5) is 19.4. The number of pyridine rings is 1.